The molecule has 1 aromatic heterocycles. The number of ketones is 1. The summed E-state index contributed by atoms with van der Waals surface area (Å²) in [6, 6.07) is 3.53. The molecule has 1 aromatic rings. The van der Waals surface area contributed by atoms with Crippen molar-refractivity contribution in [1.82, 2.24) is 0 Å². The van der Waals surface area contributed by atoms with Gasteiger partial charge in [0.1, 0.15) is 5.76 Å². The van der Waals surface area contributed by atoms with E-state index in [9.17, 15) is 4.79 Å². The van der Waals surface area contributed by atoms with E-state index in [-0.39, 0.29) is 17.6 Å². The molecule has 0 fully saturated rings. The van der Waals surface area contributed by atoms with Gasteiger partial charge < -0.3 is 4.42 Å². The fourth-order valence-corrected chi connectivity index (χ4v) is 1.04. The number of hydrogen-bond donors (Lipinski definition) is 0. The lowest BCUT2D eigenvalue weighted by molar-refractivity contribution is -0.118. The van der Waals surface area contributed by atoms with Gasteiger partial charge in [0.2, 0.25) is 0 Å². The highest BCUT2D eigenvalue weighted by Crippen LogP contribution is 2.16. The van der Waals surface area contributed by atoms with Crippen LogP contribution in [-0.2, 0) is 4.79 Å². The summed E-state index contributed by atoms with van der Waals surface area (Å²) >= 11 is 5.37. The fraction of sp³-hybridized carbons (Fsp3) is 0.375. The Bertz CT molecular complexity index is 228. The minimum absolute atomic E-state index is 0.0124. The Morgan fingerprint density at radius 2 is 2.55 bits per heavy atom. The number of halogens is 1. The number of alkyl halides is 1. The highest BCUT2D eigenvalue weighted by Gasteiger charge is 2.15. The zero-order chi connectivity index (χ0) is 8.27. The molecule has 0 spiro atoms. The van der Waals surface area contributed by atoms with Crippen molar-refractivity contribution >= 4 is 17.4 Å². The number of furan rings is 1. The van der Waals surface area contributed by atoms with Crippen LogP contribution in [0.15, 0.2) is 22.8 Å². The summed E-state index contributed by atoms with van der Waals surface area (Å²) in [6.45, 7) is 1.78. The summed E-state index contributed by atoms with van der Waals surface area (Å²) < 4.78 is 5.04. The van der Waals surface area contributed by atoms with E-state index in [1.165, 1.54) is 0 Å². The number of carbonyl (C=O) groups excluding carboxylic acids is 1. The van der Waals surface area contributed by atoms with Crippen molar-refractivity contribution in [3.05, 3.63) is 24.2 Å². The van der Waals surface area contributed by atoms with E-state index in [2.05, 4.69) is 0 Å². The Balaban J connectivity index is 2.70. The molecular formula is C8H9ClO2. The molecule has 0 amide bonds. The summed E-state index contributed by atoms with van der Waals surface area (Å²) in [5, 5.41) is 0. The second kappa shape index (κ2) is 3.58. The largest absolute Gasteiger partial charge is 0.469 e. The first kappa shape index (κ1) is 8.34. The molecular weight excluding hydrogens is 164 g/mol. The number of Topliss-reactive ketones (excluding diaryl/α,β-unsaturated/α-hetero) is 1. The molecule has 0 aliphatic rings. The van der Waals surface area contributed by atoms with E-state index in [1.807, 2.05) is 0 Å². The maximum Gasteiger partial charge on any atom is 0.157 e. The zero-order valence-corrected chi connectivity index (χ0v) is 6.97. The Hall–Kier alpha value is -0.760. The SMILES string of the molecule is CC(C(=O)CCl)c1ccco1. The van der Waals surface area contributed by atoms with Gasteiger partial charge in [-0.15, -0.1) is 11.6 Å². The predicted octanol–water partition coefficient (Wildman–Crippen LogP) is 2.19. The van der Waals surface area contributed by atoms with Gasteiger partial charge in [0.05, 0.1) is 18.1 Å². The molecule has 0 radical (unpaired) electrons. The Labute approximate surface area is 70.2 Å². The molecule has 0 aliphatic carbocycles. The molecule has 1 heterocycles. The van der Waals surface area contributed by atoms with Crippen LogP contribution in [-0.4, -0.2) is 11.7 Å². The van der Waals surface area contributed by atoms with E-state index in [4.69, 9.17) is 16.0 Å². The van der Waals surface area contributed by atoms with Gasteiger partial charge in [-0.25, -0.2) is 0 Å². The second-order valence-electron chi connectivity index (χ2n) is 2.34. The van der Waals surface area contributed by atoms with Crippen molar-refractivity contribution in [2.45, 2.75) is 12.8 Å². The average molecular weight is 173 g/mol. The van der Waals surface area contributed by atoms with E-state index >= 15 is 0 Å². The standard InChI is InChI=1S/C8H9ClO2/c1-6(7(10)5-9)8-3-2-4-11-8/h2-4,6H,5H2,1H3. The molecule has 1 unspecified atom stereocenters. The lowest BCUT2D eigenvalue weighted by Gasteiger charge is -2.02. The maximum atomic E-state index is 11.0. The van der Waals surface area contributed by atoms with Crippen molar-refractivity contribution in [1.29, 1.82) is 0 Å². The molecule has 3 heteroatoms. The van der Waals surface area contributed by atoms with Crippen LogP contribution in [0.1, 0.15) is 18.6 Å². The van der Waals surface area contributed by atoms with Crippen LogP contribution in [0, 0.1) is 0 Å². The van der Waals surface area contributed by atoms with Gasteiger partial charge in [-0.1, -0.05) is 0 Å². The third-order valence-corrected chi connectivity index (χ3v) is 1.85. The van der Waals surface area contributed by atoms with Crippen molar-refractivity contribution in [2.75, 3.05) is 5.88 Å². The van der Waals surface area contributed by atoms with Crippen LogP contribution in [0.3, 0.4) is 0 Å². The highest BCUT2D eigenvalue weighted by molar-refractivity contribution is 6.28. The van der Waals surface area contributed by atoms with Crippen LogP contribution in [0.5, 0.6) is 0 Å². The Morgan fingerprint density at radius 1 is 1.82 bits per heavy atom. The average Bonchev–Trinajstić information content (AvgIpc) is 2.53. The lowest BCUT2D eigenvalue weighted by atomic mass is 10.1. The number of hydrogen-bond acceptors (Lipinski definition) is 2. The Morgan fingerprint density at radius 3 is 3.00 bits per heavy atom. The van der Waals surface area contributed by atoms with Crippen LogP contribution in [0.25, 0.3) is 0 Å². The monoisotopic (exact) mass is 172 g/mol. The summed E-state index contributed by atoms with van der Waals surface area (Å²) in [6.07, 6.45) is 1.55. The normalized spacial score (nSPS) is 12.9. The minimum Gasteiger partial charge on any atom is -0.469 e. The van der Waals surface area contributed by atoms with Gasteiger partial charge in [-0.2, -0.15) is 0 Å². The first-order valence-electron chi connectivity index (χ1n) is 3.37. The van der Waals surface area contributed by atoms with Crippen LogP contribution in [0.2, 0.25) is 0 Å². The van der Waals surface area contributed by atoms with Crippen LogP contribution in [0.4, 0.5) is 0 Å². The molecule has 1 atom stereocenters. The van der Waals surface area contributed by atoms with Gasteiger partial charge >= 0.3 is 0 Å². The minimum atomic E-state index is -0.220. The predicted molar refractivity (Wildman–Crippen MR) is 42.9 cm³/mol. The van der Waals surface area contributed by atoms with Crippen LogP contribution >= 0.6 is 11.6 Å². The van der Waals surface area contributed by atoms with Gasteiger partial charge in [-0.05, 0) is 19.1 Å². The van der Waals surface area contributed by atoms with Gasteiger partial charge in [0.25, 0.3) is 0 Å². The quantitative estimate of drug-likeness (QED) is 0.655. The van der Waals surface area contributed by atoms with Crippen molar-refractivity contribution in [2.24, 2.45) is 0 Å². The van der Waals surface area contributed by atoms with Crippen molar-refractivity contribution in [3.8, 4) is 0 Å². The molecule has 60 valence electrons. The molecule has 0 bridgehead atoms. The third kappa shape index (κ3) is 1.84. The first-order chi connectivity index (χ1) is 5.25. The van der Waals surface area contributed by atoms with Crippen molar-refractivity contribution in [3.63, 3.8) is 0 Å². The Kier molecular flexibility index (Phi) is 2.71. The summed E-state index contributed by atoms with van der Waals surface area (Å²) in [4.78, 5) is 11.0. The summed E-state index contributed by atoms with van der Waals surface area (Å²) in [5.41, 5.74) is 0. The fourth-order valence-electron chi connectivity index (χ4n) is 0.812. The third-order valence-electron chi connectivity index (χ3n) is 1.58. The number of carbonyl (C=O) groups is 1. The molecule has 0 saturated heterocycles. The van der Waals surface area contributed by atoms with Gasteiger partial charge in [0, 0.05) is 0 Å². The molecule has 0 aromatic carbocycles. The summed E-state index contributed by atoms with van der Waals surface area (Å²) in [7, 11) is 0. The second-order valence-corrected chi connectivity index (χ2v) is 2.60. The summed E-state index contributed by atoms with van der Waals surface area (Å²) in [5.74, 6) is 0.488. The molecule has 11 heavy (non-hydrogen) atoms. The maximum absolute atomic E-state index is 11.0. The topological polar surface area (TPSA) is 30.2 Å². The molecule has 2 nitrogen and oxygen atoms in total. The molecule has 0 aliphatic heterocycles. The number of rotatable bonds is 3. The van der Waals surface area contributed by atoms with E-state index in [1.54, 1.807) is 25.3 Å². The molecule has 0 saturated carbocycles. The first-order valence-corrected chi connectivity index (χ1v) is 3.91. The van der Waals surface area contributed by atoms with E-state index in [0.29, 0.717) is 5.76 Å². The van der Waals surface area contributed by atoms with Crippen molar-refractivity contribution < 1.29 is 9.21 Å². The van der Waals surface area contributed by atoms with Gasteiger partial charge in [-0.3, -0.25) is 4.79 Å². The molecule has 1 rings (SSSR count). The smallest absolute Gasteiger partial charge is 0.157 e. The lowest BCUT2D eigenvalue weighted by Crippen LogP contribution is -2.09. The zero-order valence-electron chi connectivity index (χ0n) is 6.21. The van der Waals surface area contributed by atoms with Gasteiger partial charge in [0.15, 0.2) is 5.78 Å². The van der Waals surface area contributed by atoms with E-state index < -0.39 is 0 Å². The van der Waals surface area contributed by atoms with Crippen LogP contribution < -0.4 is 0 Å². The highest BCUT2D eigenvalue weighted by atomic mass is 35.5. The molecule has 0 N–H and O–H groups in total. The van der Waals surface area contributed by atoms with E-state index in [0.717, 1.165) is 0 Å².